The van der Waals surface area contributed by atoms with Gasteiger partial charge in [0.25, 0.3) is 10.0 Å². The highest BCUT2D eigenvalue weighted by atomic mass is 32.2. The normalized spacial score (nSPS) is 15.6. The van der Waals surface area contributed by atoms with E-state index in [4.69, 9.17) is 4.74 Å². The molecule has 0 radical (unpaired) electrons. The molecular formula is C18H27N3O4S. The lowest BCUT2D eigenvalue weighted by Crippen LogP contribution is -2.37. The first kappa shape index (κ1) is 20.4. The molecule has 0 aliphatic carbocycles. The van der Waals surface area contributed by atoms with Gasteiger partial charge in [0.15, 0.2) is 0 Å². The average Bonchev–Trinajstić information content (AvgIpc) is 2.54. The number of fused-ring (bicyclic) bond motifs is 1. The zero-order valence-electron chi connectivity index (χ0n) is 15.8. The van der Waals surface area contributed by atoms with Crippen molar-refractivity contribution < 1.29 is 17.9 Å². The third-order valence-corrected chi connectivity index (χ3v) is 5.28. The summed E-state index contributed by atoms with van der Waals surface area (Å²) >= 11 is 0. The summed E-state index contributed by atoms with van der Waals surface area (Å²) in [6.45, 7) is 6.78. The number of unbranched alkanes of at least 4 members (excludes halogenated alkanes) is 1. The van der Waals surface area contributed by atoms with Gasteiger partial charge in [0.05, 0.1) is 5.69 Å². The first-order valence-corrected chi connectivity index (χ1v) is 10.3. The molecule has 0 unspecified atom stereocenters. The summed E-state index contributed by atoms with van der Waals surface area (Å²) in [5.41, 5.74) is 1.03. The van der Waals surface area contributed by atoms with Crippen molar-refractivity contribution in [3.05, 3.63) is 18.2 Å². The Bertz CT molecular complexity index is 788. The van der Waals surface area contributed by atoms with Gasteiger partial charge < -0.3 is 15.0 Å². The standard InChI is InChI=1S/C18H27N3O4S/c1-5-6-9-21-15-8-7-14(19-18(22)12-25-4)11-16(15)26(23,24)20-17(21)10-13(2)3/h7-8,11,13H,5-6,9-10,12H2,1-4H3,(H,19,22). The number of benzene rings is 1. The lowest BCUT2D eigenvalue weighted by atomic mass is 10.1. The number of anilines is 2. The van der Waals surface area contributed by atoms with Crippen LogP contribution in [0.1, 0.15) is 40.0 Å². The van der Waals surface area contributed by atoms with E-state index in [1.165, 1.54) is 13.2 Å². The number of methoxy groups -OCH3 is 1. The first-order chi connectivity index (χ1) is 12.3. The maximum absolute atomic E-state index is 12.7. The fourth-order valence-corrected chi connectivity index (χ4v) is 4.07. The maximum atomic E-state index is 12.7. The van der Waals surface area contributed by atoms with Crippen molar-refractivity contribution in [3.63, 3.8) is 0 Å². The van der Waals surface area contributed by atoms with E-state index in [2.05, 4.69) is 16.6 Å². The minimum Gasteiger partial charge on any atom is -0.375 e. The lowest BCUT2D eigenvalue weighted by Gasteiger charge is -2.32. The summed E-state index contributed by atoms with van der Waals surface area (Å²) in [6, 6.07) is 4.91. The van der Waals surface area contributed by atoms with Gasteiger partial charge in [-0.15, -0.1) is 4.40 Å². The average molecular weight is 381 g/mol. The van der Waals surface area contributed by atoms with E-state index in [9.17, 15) is 13.2 Å². The molecule has 0 bridgehead atoms. The molecule has 1 aliphatic rings. The fraction of sp³-hybridized carbons (Fsp3) is 0.556. The van der Waals surface area contributed by atoms with Crippen LogP contribution in [0.25, 0.3) is 0 Å². The van der Waals surface area contributed by atoms with Gasteiger partial charge in [-0.3, -0.25) is 4.79 Å². The van der Waals surface area contributed by atoms with Crippen LogP contribution in [-0.2, 0) is 19.6 Å². The van der Waals surface area contributed by atoms with Gasteiger partial charge in [0.2, 0.25) is 5.91 Å². The second kappa shape index (κ2) is 8.64. The molecule has 1 aliphatic heterocycles. The number of carbonyl (C=O) groups excluding carboxylic acids is 1. The zero-order chi connectivity index (χ0) is 19.3. The Morgan fingerprint density at radius 1 is 1.35 bits per heavy atom. The predicted molar refractivity (Wildman–Crippen MR) is 103 cm³/mol. The third-order valence-electron chi connectivity index (χ3n) is 3.95. The van der Waals surface area contributed by atoms with Crippen molar-refractivity contribution >= 4 is 33.1 Å². The SMILES string of the molecule is CCCCN1C(CC(C)C)=NS(=O)(=O)c2cc(NC(=O)COC)ccc21. The van der Waals surface area contributed by atoms with Crippen LogP contribution in [0.15, 0.2) is 27.5 Å². The van der Waals surface area contributed by atoms with E-state index in [0.717, 1.165) is 12.8 Å². The summed E-state index contributed by atoms with van der Waals surface area (Å²) < 4.78 is 34.2. The molecule has 0 fully saturated rings. The molecular weight excluding hydrogens is 354 g/mol. The number of amides is 1. The van der Waals surface area contributed by atoms with Crippen LogP contribution in [0, 0.1) is 5.92 Å². The molecule has 1 aromatic rings. The molecule has 1 amide bonds. The molecule has 0 atom stereocenters. The van der Waals surface area contributed by atoms with Gasteiger partial charge in [-0.1, -0.05) is 27.2 Å². The highest BCUT2D eigenvalue weighted by molar-refractivity contribution is 7.90. The number of amidine groups is 1. The second-order valence-electron chi connectivity index (χ2n) is 6.75. The molecule has 0 aromatic heterocycles. The molecule has 1 N–H and O–H groups in total. The van der Waals surface area contributed by atoms with Gasteiger partial charge >= 0.3 is 0 Å². The van der Waals surface area contributed by atoms with Crippen molar-refractivity contribution in [1.29, 1.82) is 0 Å². The predicted octanol–water partition coefficient (Wildman–Crippen LogP) is 3.02. The van der Waals surface area contributed by atoms with Crippen LogP contribution in [0.3, 0.4) is 0 Å². The molecule has 8 heteroatoms. The van der Waals surface area contributed by atoms with Crippen molar-refractivity contribution in [2.45, 2.75) is 44.9 Å². The number of hydrogen-bond donors (Lipinski definition) is 1. The molecule has 7 nitrogen and oxygen atoms in total. The lowest BCUT2D eigenvalue weighted by molar-refractivity contribution is -0.119. The Hall–Kier alpha value is -1.93. The van der Waals surface area contributed by atoms with Crippen LogP contribution < -0.4 is 10.2 Å². The number of sulfonamides is 1. The second-order valence-corrected chi connectivity index (χ2v) is 8.32. The quantitative estimate of drug-likeness (QED) is 0.748. The molecule has 0 saturated heterocycles. The zero-order valence-corrected chi connectivity index (χ0v) is 16.6. The number of rotatable bonds is 8. The van der Waals surface area contributed by atoms with E-state index in [0.29, 0.717) is 36.1 Å². The molecule has 144 valence electrons. The van der Waals surface area contributed by atoms with Crippen molar-refractivity contribution in [2.75, 3.05) is 30.5 Å². The van der Waals surface area contributed by atoms with E-state index in [-0.39, 0.29) is 17.4 Å². The molecule has 1 aromatic carbocycles. The molecule has 26 heavy (non-hydrogen) atoms. The summed E-state index contributed by atoms with van der Waals surface area (Å²) in [4.78, 5) is 13.8. The largest absolute Gasteiger partial charge is 0.375 e. The minimum atomic E-state index is -3.80. The fourth-order valence-electron chi connectivity index (χ4n) is 2.80. The Labute approximate surface area is 155 Å². The van der Waals surface area contributed by atoms with Crippen molar-refractivity contribution in [3.8, 4) is 0 Å². The Morgan fingerprint density at radius 3 is 2.69 bits per heavy atom. The number of nitrogens with zero attached hydrogens (tertiary/aromatic N) is 2. The van der Waals surface area contributed by atoms with Crippen LogP contribution in [-0.4, -0.2) is 40.4 Å². The Kier molecular flexibility index (Phi) is 6.77. The van der Waals surface area contributed by atoms with Gasteiger partial charge in [0.1, 0.15) is 17.3 Å². The first-order valence-electron chi connectivity index (χ1n) is 8.82. The van der Waals surface area contributed by atoms with E-state index in [1.54, 1.807) is 12.1 Å². The van der Waals surface area contributed by atoms with E-state index in [1.807, 2.05) is 18.7 Å². The van der Waals surface area contributed by atoms with Gasteiger partial charge in [-0.2, -0.15) is 8.42 Å². The van der Waals surface area contributed by atoms with Gasteiger partial charge in [-0.25, -0.2) is 0 Å². The third kappa shape index (κ3) is 4.82. The van der Waals surface area contributed by atoms with E-state index < -0.39 is 10.0 Å². The summed E-state index contributed by atoms with van der Waals surface area (Å²) in [5, 5.41) is 2.64. The van der Waals surface area contributed by atoms with Gasteiger partial charge in [-0.05, 0) is 30.5 Å². The monoisotopic (exact) mass is 381 g/mol. The molecule has 1 heterocycles. The van der Waals surface area contributed by atoms with Crippen molar-refractivity contribution in [2.24, 2.45) is 10.3 Å². The summed E-state index contributed by atoms with van der Waals surface area (Å²) in [6.07, 6.45) is 2.52. The van der Waals surface area contributed by atoms with Crippen LogP contribution in [0.2, 0.25) is 0 Å². The minimum absolute atomic E-state index is 0.0941. The molecule has 0 saturated carbocycles. The molecule has 0 spiro atoms. The number of hydrogen-bond acceptors (Lipinski definition) is 5. The topological polar surface area (TPSA) is 88.1 Å². The van der Waals surface area contributed by atoms with Gasteiger partial charge in [0, 0.05) is 25.8 Å². The maximum Gasteiger partial charge on any atom is 0.286 e. The Morgan fingerprint density at radius 2 is 2.08 bits per heavy atom. The van der Waals surface area contributed by atoms with E-state index >= 15 is 0 Å². The highest BCUT2D eigenvalue weighted by Crippen LogP contribution is 2.35. The smallest absolute Gasteiger partial charge is 0.286 e. The highest BCUT2D eigenvalue weighted by Gasteiger charge is 2.31. The summed E-state index contributed by atoms with van der Waals surface area (Å²) in [5.74, 6) is 0.534. The van der Waals surface area contributed by atoms with Crippen molar-refractivity contribution in [1.82, 2.24) is 0 Å². The summed E-state index contributed by atoms with van der Waals surface area (Å²) in [7, 11) is -2.38. The number of carbonyl (C=O) groups is 1. The number of ether oxygens (including phenoxy) is 1. The van der Waals surface area contributed by atoms with Crippen LogP contribution in [0.5, 0.6) is 0 Å². The Balaban J connectivity index is 2.43. The van der Waals surface area contributed by atoms with Crippen LogP contribution in [0.4, 0.5) is 11.4 Å². The molecule has 2 rings (SSSR count). The van der Waals surface area contributed by atoms with Crippen LogP contribution >= 0.6 is 0 Å². The number of nitrogens with one attached hydrogen (secondary N) is 1.